The number of nitrogens with zero attached hydrogens (tertiary/aromatic N) is 1. The molecule has 3 heterocycles. The maximum absolute atomic E-state index is 6.21. The molecule has 2 atom stereocenters. The summed E-state index contributed by atoms with van der Waals surface area (Å²) in [5.41, 5.74) is 1.47. The van der Waals surface area contributed by atoms with Crippen molar-refractivity contribution in [3.63, 3.8) is 0 Å². The summed E-state index contributed by atoms with van der Waals surface area (Å²) in [5.74, 6) is 3.16. The Bertz CT molecular complexity index is 414. The fourth-order valence-corrected chi connectivity index (χ4v) is 4.91. The van der Waals surface area contributed by atoms with Gasteiger partial charge >= 0.3 is 0 Å². The average molecular weight is 292 g/mol. The van der Waals surface area contributed by atoms with E-state index in [4.69, 9.17) is 4.74 Å². The van der Waals surface area contributed by atoms with Crippen LogP contribution in [0.3, 0.4) is 0 Å². The fourth-order valence-electron chi connectivity index (χ4n) is 3.68. The molecule has 0 radical (unpaired) electrons. The molecule has 110 valence electrons. The number of hydrogen-bond acceptors (Lipinski definition) is 4. The Kier molecular flexibility index (Phi) is 4.64. The van der Waals surface area contributed by atoms with Crippen LogP contribution in [-0.2, 0) is 4.74 Å². The Hall–Kier alpha value is -0.580. The van der Waals surface area contributed by atoms with Gasteiger partial charge in [0.1, 0.15) is 0 Å². The first-order chi connectivity index (χ1) is 9.83. The highest BCUT2D eigenvalue weighted by Crippen LogP contribution is 2.43. The van der Waals surface area contributed by atoms with Gasteiger partial charge in [-0.2, -0.15) is 11.8 Å². The van der Waals surface area contributed by atoms with Crippen LogP contribution in [0.5, 0.6) is 0 Å². The summed E-state index contributed by atoms with van der Waals surface area (Å²) in [6.07, 6.45) is 8.62. The van der Waals surface area contributed by atoms with Gasteiger partial charge in [-0.1, -0.05) is 6.07 Å². The number of thioether (sulfide) groups is 1. The van der Waals surface area contributed by atoms with Crippen molar-refractivity contribution < 1.29 is 4.74 Å². The highest BCUT2D eigenvalue weighted by molar-refractivity contribution is 7.99. The quantitative estimate of drug-likeness (QED) is 0.928. The second-order valence-corrected chi connectivity index (χ2v) is 7.17. The molecule has 1 spiro atoms. The molecule has 4 heteroatoms. The first-order valence-electron chi connectivity index (χ1n) is 7.62. The van der Waals surface area contributed by atoms with Gasteiger partial charge in [0.2, 0.25) is 0 Å². The van der Waals surface area contributed by atoms with E-state index < -0.39 is 0 Å². The van der Waals surface area contributed by atoms with Gasteiger partial charge in [-0.05, 0) is 61.8 Å². The molecule has 0 saturated carbocycles. The summed E-state index contributed by atoms with van der Waals surface area (Å²) in [6, 6.07) is 4.62. The molecule has 0 aromatic carbocycles. The molecule has 0 amide bonds. The van der Waals surface area contributed by atoms with E-state index in [0.29, 0.717) is 12.0 Å². The number of pyridine rings is 1. The predicted octanol–water partition coefficient (Wildman–Crippen LogP) is 3.03. The zero-order chi connectivity index (χ0) is 13.8. The number of nitrogens with one attached hydrogen (secondary N) is 1. The molecule has 20 heavy (non-hydrogen) atoms. The molecule has 2 fully saturated rings. The lowest BCUT2D eigenvalue weighted by atomic mass is 9.77. The number of hydrogen-bond donors (Lipinski definition) is 1. The van der Waals surface area contributed by atoms with Crippen LogP contribution in [0, 0.1) is 5.92 Å². The van der Waals surface area contributed by atoms with E-state index in [1.165, 1.54) is 36.3 Å². The molecule has 3 rings (SSSR count). The van der Waals surface area contributed by atoms with Gasteiger partial charge in [0.15, 0.2) is 0 Å². The van der Waals surface area contributed by atoms with Gasteiger partial charge < -0.3 is 10.1 Å². The Labute approximate surface area is 125 Å². The molecule has 2 saturated heterocycles. The fraction of sp³-hybridized carbons (Fsp3) is 0.688. The second-order valence-electron chi connectivity index (χ2n) is 5.95. The smallest absolute Gasteiger partial charge is 0.0701 e. The van der Waals surface area contributed by atoms with Crippen molar-refractivity contribution in [1.82, 2.24) is 10.3 Å². The highest BCUT2D eigenvalue weighted by atomic mass is 32.2. The summed E-state index contributed by atoms with van der Waals surface area (Å²) in [6.45, 7) is 0.910. The summed E-state index contributed by atoms with van der Waals surface area (Å²) in [5, 5.41) is 3.51. The minimum atomic E-state index is 0.158. The SMILES string of the molecule is CNC(c1cccnc1)C1CCOC2(CCSCC2)C1. The molecule has 1 N–H and O–H groups in total. The third-order valence-corrected chi connectivity index (χ3v) is 5.75. The molecule has 2 aliphatic rings. The molecule has 2 aliphatic heterocycles. The third kappa shape index (κ3) is 3.02. The summed E-state index contributed by atoms with van der Waals surface area (Å²) < 4.78 is 6.21. The zero-order valence-electron chi connectivity index (χ0n) is 12.2. The summed E-state index contributed by atoms with van der Waals surface area (Å²) in [4.78, 5) is 4.28. The van der Waals surface area contributed by atoms with Crippen LogP contribution < -0.4 is 5.32 Å². The Morgan fingerprint density at radius 3 is 3.00 bits per heavy atom. The number of ether oxygens (including phenoxy) is 1. The zero-order valence-corrected chi connectivity index (χ0v) is 13.0. The van der Waals surface area contributed by atoms with Gasteiger partial charge in [0, 0.05) is 25.0 Å². The lowest BCUT2D eigenvalue weighted by Crippen LogP contribution is -2.45. The molecule has 1 aromatic rings. The van der Waals surface area contributed by atoms with E-state index in [0.717, 1.165) is 13.0 Å². The van der Waals surface area contributed by atoms with Crippen molar-refractivity contribution in [2.45, 2.75) is 37.3 Å². The van der Waals surface area contributed by atoms with Crippen LogP contribution in [0.2, 0.25) is 0 Å². The Morgan fingerprint density at radius 2 is 2.30 bits per heavy atom. The number of rotatable bonds is 3. The first kappa shape index (κ1) is 14.4. The van der Waals surface area contributed by atoms with E-state index in [-0.39, 0.29) is 5.60 Å². The van der Waals surface area contributed by atoms with Gasteiger partial charge in [-0.25, -0.2) is 0 Å². The molecular formula is C16H24N2OS. The van der Waals surface area contributed by atoms with Gasteiger partial charge in [-0.3, -0.25) is 4.98 Å². The first-order valence-corrected chi connectivity index (χ1v) is 8.77. The lowest BCUT2D eigenvalue weighted by molar-refractivity contribution is -0.107. The van der Waals surface area contributed by atoms with Gasteiger partial charge in [0.25, 0.3) is 0 Å². The van der Waals surface area contributed by atoms with Crippen LogP contribution in [0.4, 0.5) is 0 Å². The minimum absolute atomic E-state index is 0.158. The molecule has 0 aliphatic carbocycles. The predicted molar refractivity (Wildman–Crippen MR) is 84.0 cm³/mol. The topological polar surface area (TPSA) is 34.2 Å². The standard InChI is InChI=1S/C16H24N2OS/c1-17-15(14-3-2-7-18-12-14)13-4-8-19-16(11-13)5-9-20-10-6-16/h2-3,7,12-13,15,17H,4-6,8-11H2,1H3. The van der Waals surface area contributed by atoms with Crippen LogP contribution in [0.1, 0.15) is 37.3 Å². The van der Waals surface area contributed by atoms with Crippen LogP contribution >= 0.6 is 11.8 Å². The highest BCUT2D eigenvalue weighted by Gasteiger charge is 2.41. The normalized spacial score (nSPS) is 27.4. The maximum atomic E-state index is 6.21. The van der Waals surface area contributed by atoms with E-state index in [9.17, 15) is 0 Å². The van der Waals surface area contributed by atoms with Crippen molar-refractivity contribution in [2.24, 2.45) is 5.92 Å². The number of aromatic nitrogens is 1. The minimum Gasteiger partial charge on any atom is -0.375 e. The van der Waals surface area contributed by atoms with E-state index >= 15 is 0 Å². The molecule has 3 nitrogen and oxygen atoms in total. The van der Waals surface area contributed by atoms with Crippen molar-refractivity contribution in [3.8, 4) is 0 Å². The van der Waals surface area contributed by atoms with Gasteiger partial charge in [0.05, 0.1) is 5.60 Å². The average Bonchev–Trinajstić information content (AvgIpc) is 2.50. The molecule has 0 bridgehead atoms. The van der Waals surface area contributed by atoms with Crippen molar-refractivity contribution in [3.05, 3.63) is 30.1 Å². The molecule has 1 aromatic heterocycles. The van der Waals surface area contributed by atoms with Gasteiger partial charge in [-0.15, -0.1) is 0 Å². The van der Waals surface area contributed by atoms with Crippen molar-refractivity contribution in [1.29, 1.82) is 0 Å². The maximum Gasteiger partial charge on any atom is 0.0701 e. The van der Waals surface area contributed by atoms with E-state index in [1.807, 2.05) is 18.5 Å². The van der Waals surface area contributed by atoms with E-state index in [2.05, 4.69) is 35.2 Å². The monoisotopic (exact) mass is 292 g/mol. The van der Waals surface area contributed by atoms with Crippen LogP contribution in [-0.4, -0.2) is 35.7 Å². The summed E-state index contributed by atoms with van der Waals surface area (Å²) in [7, 11) is 2.07. The van der Waals surface area contributed by atoms with E-state index in [1.54, 1.807) is 0 Å². The molecule has 2 unspecified atom stereocenters. The third-order valence-electron chi connectivity index (χ3n) is 4.76. The Morgan fingerprint density at radius 1 is 1.45 bits per heavy atom. The Balaban J connectivity index is 1.75. The lowest BCUT2D eigenvalue weighted by Gasteiger charge is -2.45. The van der Waals surface area contributed by atoms with Crippen molar-refractivity contribution in [2.75, 3.05) is 25.2 Å². The summed E-state index contributed by atoms with van der Waals surface area (Å²) >= 11 is 2.07. The van der Waals surface area contributed by atoms with Crippen LogP contribution in [0.15, 0.2) is 24.5 Å². The second kappa shape index (κ2) is 6.46. The van der Waals surface area contributed by atoms with Crippen LogP contribution in [0.25, 0.3) is 0 Å². The largest absolute Gasteiger partial charge is 0.375 e. The van der Waals surface area contributed by atoms with Crippen molar-refractivity contribution >= 4 is 11.8 Å². The molecular weight excluding hydrogens is 268 g/mol.